The second-order valence-electron chi connectivity index (χ2n) is 8.24. The van der Waals surface area contributed by atoms with E-state index in [1.807, 2.05) is 43.3 Å². The molecule has 0 amide bonds. The van der Waals surface area contributed by atoms with Crippen LogP contribution < -0.4 is 4.90 Å². The molecule has 1 saturated heterocycles. The summed E-state index contributed by atoms with van der Waals surface area (Å²) in [7, 11) is -3.46. The number of anilines is 1. The third-order valence-corrected chi connectivity index (χ3v) is 7.31. The minimum Gasteiger partial charge on any atom is -0.352 e. The molecule has 0 aliphatic carbocycles. The highest BCUT2D eigenvalue weighted by Gasteiger charge is 2.25. The van der Waals surface area contributed by atoms with E-state index in [9.17, 15) is 8.42 Å². The van der Waals surface area contributed by atoms with Gasteiger partial charge in [0, 0.05) is 37.2 Å². The van der Waals surface area contributed by atoms with Gasteiger partial charge in [0.1, 0.15) is 0 Å². The van der Waals surface area contributed by atoms with Crippen LogP contribution >= 0.6 is 0 Å². The summed E-state index contributed by atoms with van der Waals surface area (Å²) in [5.41, 5.74) is 6.32. The van der Waals surface area contributed by atoms with Gasteiger partial charge in [-0.05, 0) is 50.1 Å². The van der Waals surface area contributed by atoms with Crippen molar-refractivity contribution in [3.63, 3.8) is 0 Å². The molecular weight excluding hydrogens is 420 g/mol. The number of benzene rings is 2. The summed E-state index contributed by atoms with van der Waals surface area (Å²) in [5.74, 6) is 0.769. The Morgan fingerprint density at radius 2 is 1.50 bits per heavy atom. The number of aromatic nitrogens is 2. The molecule has 1 aliphatic heterocycles. The van der Waals surface area contributed by atoms with E-state index in [0.717, 1.165) is 28.2 Å². The van der Waals surface area contributed by atoms with Crippen molar-refractivity contribution in [1.29, 1.82) is 0 Å². The maximum Gasteiger partial charge on any atom is 0.236 e. The highest BCUT2D eigenvalue weighted by molar-refractivity contribution is 7.92. The first kappa shape index (κ1) is 22.2. The second kappa shape index (κ2) is 9.22. The smallest absolute Gasteiger partial charge is 0.236 e. The summed E-state index contributed by atoms with van der Waals surface area (Å²) >= 11 is 0. The topological polar surface area (TPSA) is 66.4 Å². The normalized spacial score (nSPS) is 15.4. The van der Waals surface area contributed by atoms with E-state index < -0.39 is 10.0 Å². The van der Waals surface area contributed by atoms with Crippen LogP contribution in [0.25, 0.3) is 17.3 Å². The molecule has 6 nitrogen and oxygen atoms in total. The van der Waals surface area contributed by atoms with Crippen molar-refractivity contribution in [1.82, 2.24) is 14.5 Å². The van der Waals surface area contributed by atoms with Crippen molar-refractivity contribution in [2.45, 2.75) is 20.8 Å². The van der Waals surface area contributed by atoms with Crippen LogP contribution in [0.3, 0.4) is 0 Å². The lowest BCUT2D eigenvalue weighted by Gasteiger charge is -2.33. The highest BCUT2D eigenvalue weighted by Crippen LogP contribution is 2.24. The summed E-state index contributed by atoms with van der Waals surface area (Å²) in [5, 5.41) is 10.1. The average Bonchev–Trinajstić information content (AvgIpc) is 2.79. The molecule has 1 aliphatic rings. The fourth-order valence-corrected chi connectivity index (χ4v) is 5.01. The molecule has 2 aromatic carbocycles. The third kappa shape index (κ3) is 5.06. The van der Waals surface area contributed by atoms with Crippen LogP contribution in [0.4, 0.5) is 5.82 Å². The first-order valence-electron chi connectivity index (χ1n) is 10.7. The van der Waals surface area contributed by atoms with Crippen LogP contribution in [0.2, 0.25) is 0 Å². The standard InChI is InChI=1S/C25H28N4O2S/c1-19-4-7-22(8-5-19)12-17-32(30,31)29-15-13-28(14-16-29)25-11-10-24(26-27-25)23-9-6-20(2)18-21(23)3/h4-12,17-18H,13-16H2,1-3H3/b17-12-. The Hall–Kier alpha value is -3.03. The number of nitrogens with zero attached hydrogens (tertiary/aromatic N) is 4. The molecule has 0 radical (unpaired) electrons. The minimum absolute atomic E-state index is 0.418. The molecule has 0 N–H and O–H groups in total. The van der Waals surface area contributed by atoms with Crippen LogP contribution in [-0.2, 0) is 10.0 Å². The van der Waals surface area contributed by atoms with Gasteiger partial charge < -0.3 is 4.90 Å². The number of piperazine rings is 1. The van der Waals surface area contributed by atoms with Gasteiger partial charge >= 0.3 is 0 Å². The summed E-state index contributed by atoms with van der Waals surface area (Å²) in [4.78, 5) is 2.08. The predicted molar refractivity (Wildman–Crippen MR) is 130 cm³/mol. The Morgan fingerprint density at radius 3 is 2.12 bits per heavy atom. The Kier molecular flexibility index (Phi) is 6.39. The van der Waals surface area contributed by atoms with Crippen molar-refractivity contribution in [2.75, 3.05) is 31.1 Å². The third-order valence-electron chi connectivity index (χ3n) is 5.74. The maximum absolute atomic E-state index is 12.7. The van der Waals surface area contributed by atoms with E-state index >= 15 is 0 Å². The van der Waals surface area contributed by atoms with E-state index in [1.54, 1.807) is 6.08 Å². The zero-order chi connectivity index (χ0) is 22.7. The van der Waals surface area contributed by atoms with Crippen molar-refractivity contribution >= 4 is 21.9 Å². The van der Waals surface area contributed by atoms with E-state index in [0.29, 0.717) is 26.2 Å². The van der Waals surface area contributed by atoms with Crippen molar-refractivity contribution in [3.05, 3.63) is 82.3 Å². The molecule has 0 bridgehead atoms. The summed E-state index contributed by atoms with van der Waals surface area (Å²) in [6, 6.07) is 18.0. The van der Waals surface area contributed by atoms with E-state index in [-0.39, 0.29) is 0 Å². The second-order valence-corrected chi connectivity index (χ2v) is 10.1. The largest absolute Gasteiger partial charge is 0.352 e. The van der Waals surface area contributed by atoms with Crippen LogP contribution in [-0.4, -0.2) is 49.1 Å². The van der Waals surface area contributed by atoms with Gasteiger partial charge in [0.2, 0.25) is 10.0 Å². The lowest BCUT2D eigenvalue weighted by atomic mass is 10.0. The van der Waals surface area contributed by atoms with Gasteiger partial charge in [0.25, 0.3) is 0 Å². The molecule has 0 unspecified atom stereocenters. The molecule has 32 heavy (non-hydrogen) atoms. The molecule has 1 fully saturated rings. The van der Waals surface area contributed by atoms with Crippen molar-refractivity contribution in [2.24, 2.45) is 0 Å². The zero-order valence-corrected chi connectivity index (χ0v) is 19.5. The van der Waals surface area contributed by atoms with Gasteiger partial charge in [0.15, 0.2) is 5.82 Å². The number of aryl methyl sites for hydroxylation is 3. The minimum atomic E-state index is -3.46. The number of sulfonamides is 1. The molecule has 166 valence electrons. The Labute approximate surface area is 190 Å². The molecule has 0 saturated carbocycles. The summed E-state index contributed by atoms with van der Waals surface area (Å²) in [6.07, 6.45) is 1.65. The Bertz CT molecular complexity index is 1210. The van der Waals surface area contributed by atoms with Crippen LogP contribution in [0.15, 0.2) is 60.0 Å². The lowest BCUT2D eigenvalue weighted by molar-refractivity contribution is 0.388. The maximum atomic E-state index is 12.7. The molecular formula is C25H28N4O2S. The molecule has 2 heterocycles. The van der Waals surface area contributed by atoms with E-state index in [4.69, 9.17) is 0 Å². The predicted octanol–water partition coefficient (Wildman–Crippen LogP) is 4.19. The van der Waals surface area contributed by atoms with Crippen molar-refractivity contribution < 1.29 is 8.42 Å². The summed E-state index contributed by atoms with van der Waals surface area (Å²) in [6.45, 7) is 8.15. The Morgan fingerprint density at radius 1 is 0.812 bits per heavy atom. The zero-order valence-electron chi connectivity index (χ0n) is 18.7. The van der Waals surface area contributed by atoms with Crippen LogP contribution in [0.5, 0.6) is 0 Å². The van der Waals surface area contributed by atoms with Gasteiger partial charge in [0.05, 0.1) is 5.69 Å². The monoisotopic (exact) mass is 448 g/mol. The van der Waals surface area contributed by atoms with E-state index in [2.05, 4.69) is 47.1 Å². The van der Waals surface area contributed by atoms with Gasteiger partial charge in [-0.15, -0.1) is 10.2 Å². The van der Waals surface area contributed by atoms with Gasteiger partial charge in [-0.25, -0.2) is 8.42 Å². The molecule has 7 heteroatoms. The highest BCUT2D eigenvalue weighted by atomic mass is 32.2. The molecule has 1 aromatic heterocycles. The summed E-state index contributed by atoms with van der Waals surface area (Å²) < 4.78 is 27.0. The number of hydrogen-bond donors (Lipinski definition) is 0. The molecule has 3 aromatic rings. The fourth-order valence-electron chi connectivity index (χ4n) is 3.84. The quantitative estimate of drug-likeness (QED) is 0.586. The number of rotatable bonds is 5. The first-order chi connectivity index (χ1) is 15.3. The van der Waals surface area contributed by atoms with Gasteiger partial charge in [-0.1, -0.05) is 53.6 Å². The van der Waals surface area contributed by atoms with Crippen LogP contribution in [0.1, 0.15) is 22.3 Å². The van der Waals surface area contributed by atoms with Crippen molar-refractivity contribution in [3.8, 4) is 11.3 Å². The van der Waals surface area contributed by atoms with E-state index in [1.165, 1.54) is 20.8 Å². The van der Waals surface area contributed by atoms with Crippen LogP contribution in [0, 0.1) is 20.8 Å². The Balaban J connectivity index is 1.39. The average molecular weight is 449 g/mol. The lowest BCUT2D eigenvalue weighted by Crippen LogP contribution is -2.48. The molecule has 0 spiro atoms. The number of hydrogen-bond acceptors (Lipinski definition) is 5. The SMILES string of the molecule is Cc1ccc(/C=C\S(=O)(=O)N2CCN(c3ccc(-c4ccc(C)cc4C)nn3)CC2)cc1. The first-order valence-corrected chi connectivity index (χ1v) is 12.2. The molecule has 0 atom stereocenters. The van der Waals surface area contributed by atoms with Gasteiger partial charge in [-0.2, -0.15) is 4.31 Å². The molecule has 4 rings (SSSR count). The van der Waals surface area contributed by atoms with Gasteiger partial charge in [-0.3, -0.25) is 0 Å². The fraction of sp³-hybridized carbons (Fsp3) is 0.280.